The van der Waals surface area contributed by atoms with Crippen molar-refractivity contribution in [3.05, 3.63) is 29.6 Å². The Balaban J connectivity index is 2.97. The Hall–Kier alpha value is -1.42. The van der Waals surface area contributed by atoms with E-state index in [1.165, 1.54) is 24.0 Å². The quantitative estimate of drug-likeness (QED) is 0.804. The Kier molecular flexibility index (Phi) is 3.42. The molecule has 0 radical (unpaired) electrons. The summed E-state index contributed by atoms with van der Waals surface area (Å²) in [7, 11) is 1.54. The number of aliphatic hydroxyl groups excluding tert-OH is 1. The summed E-state index contributed by atoms with van der Waals surface area (Å²) in [5.74, 6) is -0.724. The Morgan fingerprint density at radius 1 is 1.53 bits per heavy atom. The molecule has 1 N–H and O–H groups in total. The number of hydrogen-bond acceptors (Lipinski definition) is 2. The molecule has 1 unspecified atom stereocenters. The largest absolute Gasteiger partial charge is 0.384 e. The van der Waals surface area contributed by atoms with Gasteiger partial charge in [0.15, 0.2) is 0 Å². The zero-order chi connectivity index (χ0) is 11.6. The number of aliphatic hydroxyl groups is 1. The fourth-order valence-corrected chi connectivity index (χ4v) is 1.24. The summed E-state index contributed by atoms with van der Waals surface area (Å²) in [5, 5.41) is 9.11. The van der Waals surface area contributed by atoms with Gasteiger partial charge in [0.25, 0.3) is 5.91 Å². The monoisotopic (exact) mass is 211 g/mol. The van der Waals surface area contributed by atoms with Crippen molar-refractivity contribution in [1.29, 1.82) is 0 Å². The molecule has 0 aliphatic carbocycles. The molecule has 0 aliphatic rings. The Labute approximate surface area is 88.1 Å². The van der Waals surface area contributed by atoms with Gasteiger partial charge in [-0.25, -0.2) is 4.39 Å². The van der Waals surface area contributed by atoms with Crippen molar-refractivity contribution in [3.63, 3.8) is 0 Å². The second-order valence-corrected chi connectivity index (χ2v) is 3.51. The molecule has 15 heavy (non-hydrogen) atoms. The van der Waals surface area contributed by atoms with Gasteiger partial charge in [0.2, 0.25) is 0 Å². The van der Waals surface area contributed by atoms with E-state index in [-0.39, 0.29) is 5.82 Å². The second-order valence-electron chi connectivity index (χ2n) is 3.51. The number of rotatable bonds is 2. The van der Waals surface area contributed by atoms with E-state index < -0.39 is 12.0 Å². The molecule has 0 spiro atoms. The molecular formula is C11H14FNO2. The van der Waals surface area contributed by atoms with E-state index in [9.17, 15) is 9.18 Å². The van der Waals surface area contributed by atoms with Gasteiger partial charge < -0.3 is 10.0 Å². The van der Waals surface area contributed by atoms with E-state index in [4.69, 9.17) is 5.11 Å². The lowest BCUT2D eigenvalue weighted by Crippen LogP contribution is -2.34. The average Bonchev–Trinajstić information content (AvgIpc) is 2.19. The van der Waals surface area contributed by atoms with Crippen LogP contribution in [0.15, 0.2) is 18.2 Å². The summed E-state index contributed by atoms with van der Waals surface area (Å²) in [6.45, 7) is 3.02. The minimum atomic E-state index is -1.06. The molecule has 0 aliphatic heterocycles. The van der Waals surface area contributed by atoms with Crippen molar-refractivity contribution in [2.75, 3.05) is 11.9 Å². The van der Waals surface area contributed by atoms with Crippen LogP contribution in [0.2, 0.25) is 0 Å². The molecule has 1 rings (SSSR count). The first-order valence-corrected chi connectivity index (χ1v) is 4.65. The molecule has 0 fully saturated rings. The zero-order valence-electron chi connectivity index (χ0n) is 8.99. The van der Waals surface area contributed by atoms with Gasteiger partial charge in [-0.05, 0) is 37.6 Å². The van der Waals surface area contributed by atoms with Crippen molar-refractivity contribution in [2.24, 2.45) is 0 Å². The van der Waals surface area contributed by atoms with Crippen molar-refractivity contribution < 1.29 is 14.3 Å². The summed E-state index contributed by atoms with van der Waals surface area (Å²) in [6, 6.07) is 4.37. The van der Waals surface area contributed by atoms with Crippen LogP contribution in [0.4, 0.5) is 10.1 Å². The standard InChI is InChI=1S/C11H14FNO2/c1-7-6-9(4-5-10(7)12)13(3)11(15)8(2)14/h4-6,8,14H,1-3H3. The minimum absolute atomic E-state index is 0.309. The van der Waals surface area contributed by atoms with E-state index in [0.29, 0.717) is 11.3 Å². The van der Waals surface area contributed by atoms with Crippen LogP contribution < -0.4 is 4.90 Å². The maximum absolute atomic E-state index is 13.0. The summed E-state index contributed by atoms with van der Waals surface area (Å²) in [4.78, 5) is 12.7. The fourth-order valence-electron chi connectivity index (χ4n) is 1.24. The highest BCUT2D eigenvalue weighted by Gasteiger charge is 2.16. The first-order valence-electron chi connectivity index (χ1n) is 4.65. The number of anilines is 1. The highest BCUT2D eigenvalue weighted by Crippen LogP contribution is 2.17. The Morgan fingerprint density at radius 2 is 2.13 bits per heavy atom. The van der Waals surface area contributed by atoms with Gasteiger partial charge in [0.1, 0.15) is 11.9 Å². The molecule has 0 aromatic heterocycles. The van der Waals surface area contributed by atoms with Crippen molar-refractivity contribution >= 4 is 11.6 Å². The highest BCUT2D eigenvalue weighted by atomic mass is 19.1. The van der Waals surface area contributed by atoms with E-state index in [2.05, 4.69) is 0 Å². The maximum atomic E-state index is 13.0. The van der Waals surface area contributed by atoms with Crippen molar-refractivity contribution in [1.82, 2.24) is 0 Å². The van der Waals surface area contributed by atoms with Gasteiger partial charge in [-0.1, -0.05) is 0 Å². The molecule has 0 bridgehead atoms. The van der Waals surface area contributed by atoms with Gasteiger partial charge in [0.05, 0.1) is 0 Å². The van der Waals surface area contributed by atoms with Crippen LogP contribution in [0.25, 0.3) is 0 Å². The number of hydrogen-bond donors (Lipinski definition) is 1. The fraction of sp³-hybridized carbons (Fsp3) is 0.364. The topological polar surface area (TPSA) is 40.5 Å². The highest BCUT2D eigenvalue weighted by molar-refractivity contribution is 5.95. The van der Waals surface area contributed by atoms with Crippen LogP contribution in [0.3, 0.4) is 0 Å². The number of benzene rings is 1. The van der Waals surface area contributed by atoms with Gasteiger partial charge >= 0.3 is 0 Å². The predicted molar refractivity (Wildman–Crippen MR) is 56.2 cm³/mol. The molecule has 1 aromatic rings. The Morgan fingerprint density at radius 3 is 2.60 bits per heavy atom. The minimum Gasteiger partial charge on any atom is -0.384 e. The molecule has 0 saturated carbocycles. The molecule has 82 valence electrons. The smallest absolute Gasteiger partial charge is 0.255 e. The first-order chi connectivity index (χ1) is 6.93. The lowest BCUT2D eigenvalue weighted by atomic mass is 10.2. The van der Waals surface area contributed by atoms with E-state index in [1.54, 1.807) is 20.0 Å². The number of aryl methyl sites for hydroxylation is 1. The molecule has 1 aromatic carbocycles. The third-order valence-corrected chi connectivity index (χ3v) is 2.22. The van der Waals surface area contributed by atoms with Gasteiger partial charge in [-0.3, -0.25) is 4.79 Å². The molecule has 1 atom stereocenters. The molecule has 0 heterocycles. The first kappa shape index (κ1) is 11.7. The van der Waals surface area contributed by atoms with Crippen LogP contribution in [-0.4, -0.2) is 24.2 Å². The molecular weight excluding hydrogens is 197 g/mol. The van der Waals surface area contributed by atoms with Crippen LogP contribution in [0, 0.1) is 12.7 Å². The van der Waals surface area contributed by atoms with Crippen LogP contribution >= 0.6 is 0 Å². The lowest BCUT2D eigenvalue weighted by Gasteiger charge is -2.19. The van der Waals surface area contributed by atoms with E-state index in [0.717, 1.165) is 0 Å². The van der Waals surface area contributed by atoms with Gasteiger partial charge in [-0.2, -0.15) is 0 Å². The van der Waals surface area contributed by atoms with Crippen molar-refractivity contribution in [3.8, 4) is 0 Å². The normalized spacial score (nSPS) is 12.3. The number of nitrogens with zero attached hydrogens (tertiary/aromatic N) is 1. The summed E-state index contributed by atoms with van der Waals surface area (Å²) >= 11 is 0. The third-order valence-electron chi connectivity index (χ3n) is 2.22. The lowest BCUT2D eigenvalue weighted by molar-refractivity contribution is -0.125. The number of carbonyl (C=O) groups excluding carboxylic acids is 1. The van der Waals surface area contributed by atoms with E-state index >= 15 is 0 Å². The number of halogens is 1. The zero-order valence-corrected chi connectivity index (χ0v) is 8.99. The number of likely N-dealkylation sites (N-methyl/N-ethyl adjacent to an activating group) is 1. The molecule has 4 heteroatoms. The third kappa shape index (κ3) is 2.53. The van der Waals surface area contributed by atoms with Gasteiger partial charge in [-0.15, -0.1) is 0 Å². The predicted octanol–water partition coefficient (Wildman–Crippen LogP) is 1.48. The SMILES string of the molecule is Cc1cc(N(C)C(=O)C(C)O)ccc1F. The van der Waals surface area contributed by atoms with Crippen LogP contribution in [-0.2, 0) is 4.79 Å². The second kappa shape index (κ2) is 4.40. The average molecular weight is 211 g/mol. The summed E-state index contributed by atoms with van der Waals surface area (Å²) in [5.41, 5.74) is 1.04. The van der Waals surface area contributed by atoms with E-state index in [1.807, 2.05) is 0 Å². The Bertz CT molecular complexity index is 377. The molecule has 1 amide bonds. The van der Waals surface area contributed by atoms with Crippen LogP contribution in [0.1, 0.15) is 12.5 Å². The number of carbonyl (C=O) groups is 1. The van der Waals surface area contributed by atoms with Crippen LogP contribution in [0.5, 0.6) is 0 Å². The molecule has 0 saturated heterocycles. The summed E-state index contributed by atoms with van der Waals surface area (Å²) < 4.78 is 13.0. The number of amides is 1. The molecule has 3 nitrogen and oxygen atoms in total. The summed E-state index contributed by atoms with van der Waals surface area (Å²) in [6.07, 6.45) is -1.06. The maximum Gasteiger partial charge on any atom is 0.255 e. The van der Waals surface area contributed by atoms with Gasteiger partial charge in [0, 0.05) is 12.7 Å². The van der Waals surface area contributed by atoms with Crippen molar-refractivity contribution in [2.45, 2.75) is 20.0 Å².